The van der Waals surface area contributed by atoms with Crippen LogP contribution in [0, 0.1) is 0 Å². The maximum absolute atomic E-state index is 5.29. The Labute approximate surface area is 319 Å². The molecule has 0 amide bonds. The number of nitrogens with zero attached hydrogens (tertiary/aromatic N) is 4. The SMILES string of the molecule is c1ccc(-c2cccc(-c3ccc(-c4nc(-c5ccccc5)nc(-c5cccc(-c6ccccc6)c5)n4)c(-n4c5ccccc5c5ccccc54)c3)c2)cc1. The molecule has 0 fully saturated rings. The van der Waals surface area contributed by atoms with Gasteiger partial charge in [0, 0.05) is 27.5 Å². The first-order valence-electron chi connectivity index (χ1n) is 18.5. The van der Waals surface area contributed by atoms with Crippen molar-refractivity contribution in [3.63, 3.8) is 0 Å². The molecule has 0 saturated heterocycles. The van der Waals surface area contributed by atoms with Gasteiger partial charge in [-0.1, -0.05) is 170 Å². The molecule has 2 heterocycles. The van der Waals surface area contributed by atoms with Crippen LogP contribution in [0.5, 0.6) is 0 Å². The van der Waals surface area contributed by atoms with Crippen LogP contribution in [0.2, 0.25) is 0 Å². The van der Waals surface area contributed by atoms with Gasteiger partial charge >= 0.3 is 0 Å². The van der Waals surface area contributed by atoms with Crippen LogP contribution in [-0.4, -0.2) is 19.5 Å². The molecule has 0 unspecified atom stereocenters. The van der Waals surface area contributed by atoms with Crippen molar-refractivity contribution in [1.29, 1.82) is 0 Å². The van der Waals surface area contributed by atoms with Gasteiger partial charge in [-0.05, 0) is 69.8 Å². The van der Waals surface area contributed by atoms with E-state index in [-0.39, 0.29) is 0 Å². The van der Waals surface area contributed by atoms with Crippen molar-refractivity contribution in [1.82, 2.24) is 19.5 Å². The van der Waals surface area contributed by atoms with Gasteiger partial charge in [0.15, 0.2) is 17.5 Å². The van der Waals surface area contributed by atoms with Gasteiger partial charge in [-0.3, -0.25) is 0 Å². The average molecular weight is 703 g/mol. The molecule has 10 rings (SSSR count). The Morgan fingerprint density at radius 2 is 0.673 bits per heavy atom. The van der Waals surface area contributed by atoms with Gasteiger partial charge < -0.3 is 4.57 Å². The van der Waals surface area contributed by atoms with E-state index in [1.165, 1.54) is 21.9 Å². The number of benzene rings is 8. The summed E-state index contributed by atoms with van der Waals surface area (Å²) >= 11 is 0. The first kappa shape index (κ1) is 32.2. The third-order valence-corrected chi connectivity index (χ3v) is 10.3. The van der Waals surface area contributed by atoms with Crippen LogP contribution < -0.4 is 0 Å². The number of aromatic nitrogens is 4. The molecule has 55 heavy (non-hydrogen) atoms. The quantitative estimate of drug-likeness (QED) is 0.166. The Hall–Kier alpha value is -7.43. The molecule has 0 aliphatic heterocycles. The van der Waals surface area contributed by atoms with E-state index in [1.807, 2.05) is 24.3 Å². The Bertz CT molecular complexity index is 2920. The van der Waals surface area contributed by atoms with Crippen molar-refractivity contribution in [3.8, 4) is 73.2 Å². The molecule has 2 aromatic heterocycles. The third kappa shape index (κ3) is 6.06. The zero-order chi connectivity index (χ0) is 36.6. The second-order valence-corrected chi connectivity index (χ2v) is 13.7. The van der Waals surface area contributed by atoms with E-state index < -0.39 is 0 Å². The number of rotatable bonds is 7. The summed E-state index contributed by atoms with van der Waals surface area (Å²) < 4.78 is 2.37. The van der Waals surface area contributed by atoms with Crippen molar-refractivity contribution in [2.75, 3.05) is 0 Å². The third-order valence-electron chi connectivity index (χ3n) is 10.3. The zero-order valence-corrected chi connectivity index (χ0v) is 29.9. The maximum atomic E-state index is 5.29. The predicted octanol–water partition coefficient (Wildman–Crippen LogP) is 13.0. The van der Waals surface area contributed by atoms with Gasteiger partial charge in [-0.15, -0.1) is 0 Å². The molecule has 258 valence electrons. The fraction of sp³-hybridized carbons (Fsp3) is 0. The Balaban J connectivity index is 1.23. The Kier molecular flexibility index (Phi) is 8.12. The van der Waals surface area contributed by atoms with Crippen LogP contribution in [0.15, 0.2) is 206 Å². The van der Waals surface area contributed by atoms with Gasteiger partial charge in [0.1, 0.15) is 0 Å². The lowest BCUT2D eigenvalue weighted by Crippen LogP contribution is -2.04. The van der Waals surface area contributed by atoms with Crippen molar-refractivity contribution < 1.29 is 0 Å². The monoisotopic (exact) mass is 702 g/mol. The first-order chi connectivity index (χ1) is 27.3. The summed E-state index contributed by atoms with van der Waals surface area (Å²) in [4.78, 5) is 15.6. The summed E-state index contributed by atoms with van der Waals surface area (Å²) in [7, 11) is 0. The van der Waals surface area contributed by atoms with Crippen LogP contribution in [0.1, 0.15) is 0 Å². The van der Waals surface area contributed by atoms with Crippen LogP contribution in [0.3, 0.4) is 0 Å². The molecule has 4 heteroatoms. The molecule has 0 atom stereocenters. The lowest BCUT2D eigenvalue weighted by Gasteiger charge is -2.17. The highest BCUT2D eigenvalue weighted by atomic mass is 15.1. The summed E-state index contributed by atoms with van der Waals surface area (Å²) in [6.45, 7) is 0. The van der Waals surface area contributed by atoms with E-state index in [0.29, 0.717) is 17.5 Å². The van der Waals surface area contributed by atoms with Crippen molar-refractivity contribution >= 4 is 21.8 Å². The van der Waals surface area contributed by atoms with Crippen molar-refractivity contribution in [2.24, 2.45) is 0 Å². The van der Waals surface area contributed by atoms with Gasteiger partial charge in [0.25, 0.3) is 0 Å². The minimum Gasteiger partial charge on any atom is -0.308 e. The van der Waals surface area contributed by atoms with Crippen LogP contribution in [0.25, 0.3) is 95.0 Å². The second kappa shape index (κ2) is 13.8. The second-order valence-electron chi connectivity index (χ2n) is 13.7. The number of hydrogen-bond acceptors (Lipinski definition) is 3. The van der Waals surface area contributed by atoms with E-state index in [2.05, 4.69) is 187 Å². The molecule has 0 bridgehead atoms. The first-order valence-corrected chi connectivity index (χ1v) is 18.5. The van der Waals surface area contributed by atoms with Crippen LogP contribution in [-0.2, 0) is 0 Å². The highest BCUT2D eigenvalue weighted by Gasteiger charge is 2.20. The summed E-state index contributed by atoms with van der Waals surface area (Å²) in [6, 6.07) is 72.3. The summed E-state index contributed by atoms with van der Waals surface area (Å²) in [5, 5.41) is 2.39. The van der Waals surface area contributed by atoms with E-state index in [9.17, 15) is 0 Å². The molecule has 0 N–H and O–H groups in total. The predicted molar refractivity (Wildman–Crippen MR) is 227 cm³/mol. The maximum Gasteiger partial charge on any atom is 0.166 e. The standard InChI is InChI=1S/C51H34N4/c1-4-16-35(17-5-1)38-22-14-24-40(32-38)41-30-31-45(48(34-41)55-46-28-12-10-26-43(46)44-27-11-13-29-47(44)55)51-53-49(37-20-8-3-9-21-37)52-50(54-51)42-25-15-23-39(33-42)36-18-6-2-7-19-36/h1-34H. The smallest absolute Gasteiger partial charge is 0.166 e. The Morgan fingerprint density at radius 3 is 1.25 bits per heavy atom. The molecule has 0 spiro atoms. The zero-order valence-electron chi connectivity index (χ0n) is 29.9. The summed E-state index contributed by atoms with van der Waals surface area (Å²) in [6.07, 6.45) is 0. The van der Waals surface area contributed by atoms with Crippen molar-refractivity contribution in [2.45, 2.75) is 0 Å². The minimum atomic E-state index is 0.607. The highest BCUT2D eigenvalue weighted by molar-refractivity contribution is 6.09. The number of para-hydroxylation sites is 2. The molecular weight excluding hydrogens is 669 g/mol. The topological polar surface area (TPSA) is 43.6 Å². The molecule has 0 saturated carbocycles. The molecule has 0 radical (unpaired) electrons. The van der Waals surface area contributed by atoms with Crippen molar-refractivity contribution in [3.05, 3.63) is 206 Å². The molecule has 0 aliphatic carbocycles. The fourth-order valence-corrected chi connectivity index (χ4v) is 7.59. The minimum absolute atomic E-state index is 0.607. The lowest BCUT2D eigenvalue weighted by molar-refractivity contribution is 1.06. The van der Waals surface area contributed by atoms with E-state index in [0.717, 1.165) is 55.7 Å². The van der Waals surface area contributed by atoms with Crippen LogP contribution >= 0.6 is 0 Å². The van der Waals surface area contributed by atoms with Gasteiger partial charge in [-0.2, -0.15) is 0 Å². The molecular formula is C51H34N4. The van der Waals surface area contributed by atoms with Gasteiger partial charge in [-0.25, -0.2) is 15.0 Å². The van der Waals surface area contributed by atoms with Crippen LogP contribution in [0.4, 0.5) is 0 Å². The number of hydrogen-bond donors (Lipinski definition) is 0. The van der Waals surface area contributed by atoms with E-state index >= 15 is 0 Å². The summed E-state index contributed by atoms with van der Waals surface area (Å²) in [5.74, 6) is 1.85. The molecule has 4 nitrogen and oxygen atoms in total. The average Bonchev–Trinajstić information content (AvgIpc) is 3.61. The summed E-state index contributed by atoms with van der Waals surface area (Å²) in [5.41, 5.74) is 12.8. The van der Waals surface area contributed by atoms with E-state index in [4.69, 9.17) is 15.0 Å². The molecule has 10 aromatic rings. The van der Waals surface area contributed by atoms with Gasteiger partial charge in [0.05, 0.1) is 16.7 Å². The Morgan fingerprint density at radius 1 is 0.273 bits per heavy atom. The largest absolute Gasteiger partial charge is 0.308 e. The number of fused-ring (bicyclic) bond motifs is 3. The fourth-order valence-electron chi connectivity index (χ4n) is 7.59. The molecule has 8 aromatic carbocycles. The lowest BCUT2D eigenvalue weighted by atomic mass is 9.97. The highest BCUT2D eigenvalue weighted by Crippen LogP contribution is 2.39. The van der Waals surface area contributed by atoms with E-state index in [1.54, 1.807) is 0 Å². The molecule has 0 aliphatic rings. The van der Waals surface area contributed by atoms with Gasteiger partial charge in [0.2, 0.25) is 0 Å². The normalized spacial score (nSPS) is 11.3.